The van der Waals surface area contributed by atoms with Gasteiger partial charge in [0.25, 0.3) is 0 Å². The quantitative estimate of drug-likeness (QED) is 0.800. The molecular weight excluding hydrogens is 284 g/mol. The summed E-state index contributed by atoms with van der Waals surface area (Å²) in [4.78, 5) is 30.1. The van der Waals surface area contributed by atoms with Crippen molar-refractivity contribution >= 4 is 45.0 Å². The predicted octanol–water partition coefficient (Wildman–Crippen LogP) is 2.84. The Kier molecular flexibility index (Phi) is 3.03. The summed E-state index contributed by atoms with van der Waals surface area (Å²) >= 11 is 7.57. The number of pyridine rings is 1. The third-order valence-electron chi connectivity index (χ3n) is 3.20. The number of likely N-dealkylation sites (tertiary alicyclic amines) is 1. The van der Waals surface area contributed by atoms with Gasteiger partial charge in [0.2, 0.25) is 11.8 Å². The molecule has 0 aliphatic carbocycles. The molecule has 1 aliphatic heterocycles. The summed E-state index contributed by atoms with van der Waals surface area (Å²) in [5.74, 6) is -0.404. The molecule has 2 aromatic rings. The van der Waals surface area contributed by atoms with Gasteiger partial charge in [-0.2, -0.15) is 0 Å². The molecule has 3 rings (SSSR count). The highest BCUT2D eigenvalue weighted by Crippen LogP contribution is 2.32. The monoisotopic (exact) mass is 294 g/mol. The van der Waals surface area contributed by atoms with E-state index in [1.54, 1.807) is 19.2 Å². The standard InChI is InChI=1S/C13H11ClN2O2S/c1-7-4-11(17)16(13(7)18)6-8-5-10-12(19-8)9(14)2-3-15-10/h2-3,5,7H,4,6H2,1H3. The number of aromatic nitrogens is 1. The number of halogens is 1. The number of amides is 2. The molecule has 1 aliphatic rings. The number of rotatable bonds is 2. The Morgan fingerprint density at radius 2 is 2.32 bits per heavy atom. The van der Waals surface area contributed by atoms with Gasteiger partial charge in [0.05, 0.1) is 21.8 Å². The number of thiophene rings is 1. The summed E-state index contributed by atoms with van der Waals surface area (Å²) in [5.41, 5.74) is 0.805. The molecule has 19 heavy (non-hydrogen) atoms. The SMILES string of the molecule is CC1CC(=O)N(Cc2cc3nccc(Cl)c3s2)C1=O. The molecule has 1 fully saturated rings. The Morgan fingerprint density at radius 1 is 1.53 bits per heavy atom. The molecule has 98 valence electrons. The van der Waals surface area contributed by atoms with Crippen LogP contribution in [0.25, 0.3) is 10.2 Å². The van der Waals surface area contributed by atoms with Crippen LogP contribution >= 0.6 is 22.9 Å². The molecule has 0 aromatic carbocycles. The number of carbonyl (C=O) groups is 2. The maximum Gasteiger partial charge on any atom is 0.232 e. The second kappa shape index (κ2) is 4.58. The second-order valence-corrected chi connectivity index (χ2v) is 6.19. The zero-order valence-electron chi connectivity index (χ0n) is 10.2. The summed E-state index contributed by atoms with van der Waals surface area (Å²) in [6.45, 7) is 2.10. The van der Waals surface area contributed by atoms with E-state index in [9.17, 15) is 9.59 Å². The Morgan fingerprint density at radius 3 is 2.95 bits per heavy atom. The van der Waals surface area contributed by atoms with E-state index in [-0.39, 0.29) is 17.7 Å². The van der Waals surface area contributed by atoms with Crippen LogP contribution in [-0.4, -0.2) is 21.7 Å². The van der Waals surface area contributed by atoms with Crippen LogP contribution in [0, 0.1) is 5.92 Å². The van der Waals surface area contributed by atoms with E-state index in [4.69, 9.17) is 11.6 Å². The van der Waals surface area contributed by atoms with Crippen LogP contribution in [0.4, 0.5) is 0 Å². The van der Waals surface area contributed by atoms with E-state index in [2.05, 4.69) is 4.98 Å². The van der Waals surface area contributed by atoms with Gasteiger partial charge in [-0.25, -0.2) is 0 Å². The maximum atomic E-state index is 11.9. The zero-order chi connectivity index (χ0) is 13.6. The molecule has 2 amide bonds. The van der Waals surface area contributed by atoms with Crippen molar-refractivity contribution in [2.75, 3.05) is 0 Å². The fraction of sp³-hybridized carbons (Fsp3) is 0.308. The van der Waals surface area contributed by atoms with E-state index < -0.39 is 0 Å². The number of hydrogen-bond acceptors (Lipinski definition) is 4. The second-order valence-electron chi connectivity index (χ2n) is 4.64. The van der Waals surface area contributed by atoms with E-state index in [0.29, 0.717) is 18.0 Å². The highest BCUT2D eigenvalue weighted by Gasteiger charge is 2.35. The summed E-state index contributed by atoms with van der Waals surface area (Å²) in [6.07, 6.45) is 1.96. The molecule has 2 aromatic heterocycles. The number of carbonyl (C=O) groups excluding carboxylic acids is 2. The lowest BCUT2D eigenvalue weighted by atomic mass is 10.1. The normalized spacial score (nSPS) is 19.7. The van der Waals surface area contributed by atoms with E-state index in [1.165, 1.54) is 16.2 Å². The van der Waals surface area contributed by atoms with Gasteiger partial charge in [0.15, 0.2) is 0 Å². The van der Waals surface area contributed by atoms with Crippen LogP contribution in [0.2, 0.25) is 5.02 Å². The Labute approximate surface area is 119 Å². The van der Waals surface area contributed by atoms with E-state index in [1.807, 2.05) is 6.07 Å². The van der Waals surface area contributed by atoms with Gasteiger partial charge in [0.1, 0.15) is 0 Å². The summed E-state index contributed by atoms with van der Waals surface area (Å²) in [6, 6.07) is 3.62. The Balaban J connectivity index is 1.92. The summed E-state index contributed by atoms with van der Waals surface area (Å²) in [7, 11) is 0. The third-order valence-corrected chi connectivity index (χ3v) is 4.77. The third kappa shape index (κ3) is 2.13. The predicted molar refractivity (Wildman–Crippen MR) is 74.0 cm³/mol. The minimum absolute atomic E-state index is 0.0958. The number of hydrogen-bond donors (Lipinski definition) is 0. The van der Waals surface area contributed by atoms with Gasteiger partial charge in [-0.3, -0.25) is 19.5 Å². The lowest BCUT2D eigenvalue weighted by molar-refractivity contribution is -0.139. The van der Waals surface area contributed by atoms with Gasteiger partial charge in [-0.15, -0.1) is 11.3 Å². The largest absolute Gasteiger partial charge is 0.277 e. The molecular formula is C13H11ClN2O2S. The topological polar surface area (TPSA) is 50.3 Å². The van der Waals surface area contributed by atoms with Gasteiger partial charge in [-0.05, 0) is 12.1 Å². The number of fused-ring (bicyclic) bond motifs is 1. The van der Waals surface area contributed by atoms with E-state index in [0.717, 1.165) is 15.1 Å². The molecule has 3 heterocycles. The lowest BCUT2D eigenvalue weighted by Crippen LogP contribution is -2.29. The van der Waals surface area contributed by atoms with Crippen LogP contribution < -0.4 is 0 Å². The smallest absolute Gasteiger partial charge is 0.232 e. The van der Waals surface area contributed by atoms with Gasteiger partial charge in [-0.1, -0.05) is 18.5 Å². The van der Waals surface area contributed by atoms with Crippen LogP contribution in [0.15, 0.2) is 18.3 Å². The van der Waals surface area contributed by atoms with Gasteiger partial charge < -0.3 is 0 Å². The molecule has 6 heteroatoms. The molecule has 0 bridgehead atoms. The molecule has 0 N–H and O–H groups in total. The molecule has 1 atom stereocenters. The zero-order valence-corrected chi connectivity index (χ0v) is 11.8. The Hall–Kier alpha value is -1.46. The number of imide groups is 1. The van der Waals surface area contributed by atoms with E-state index >= 15 is 0 Å². The fourth-order valence-electron chi connectivity index (χ4n) is 2.20. The first-order valence-corrected chi connectivity index (χ1v) is 7.13. The molecule has 0 spiro atoms. The first kappa shape index (κ1) is 12.6. The average molecular weight is 295 g/mol. The van der Waals surface area contributed by atoms with Crippen molar-refractivity contribution in [3.8, 4) is 0 Å². The highest BCUT2D eigenvalue weighted by atomic mass is 35.5. The molecule has 1 unspecified atom stereocenters. The molecule has 4 nitrogen and oxygen atoms in total. The van der Waals surface area contributed by atoms with Crippen LogP contribution in [0.5, 0.6) is 0 Å². The van der Waals surface area contributed by atoms with Gasteiger partial charge >= 0.3 is 0 Å². The Bertz CT molecular complexity index is 682. The minimum Gasteiger partial charge on any atom is -0.277 e. The van der Waals surface area contributed by atoms with Crippen molar-refractivity contribution in [2.24, 2.45) is 5.92 Å². The van der Waals surface area contributed by atoms with Crippen molar-refractivity contribution in [3.05, 3.63) is 28.2 Å². The average Bonchev–Trinajstić information content (AvgIpc) is 2.88. The van der Waals surface area contributed by atoms with Gasteiger partial charge in [0, 0.05) is 23.4 Å². The summed E-state index contributed by atoms with van der Waals surface area (Å²) < 4.78 is 0.895. The number of nitrogens with zero attached hydrogens (tertiary/aromatic N) is 2. The lowest BCUT2D eigenvalue weighted by Gasteiger charge is -2.12. The first-order valence-electron chi connectivity index (χ1n) is 5.93. The molecule has 0 radical (unpaired) electrons. The van der Waals surface area contributed by atoms with Crippen molar-refractivity contribution in [1.29, 1.82) is 0 Å². The van der Waals surface area contributed by atoms with Crippen molar-refractivity contribution < 1.29 is 9.59 Å². The minimum atomic E-state index is -0.205. The highest BCUT2D eigenvalue weighted by molar-refractivity contribution is 7.19. The van der Waals surface area contributed by atoms with Crippen LogP contribution in [0.3, 0.4) is 0 Å². The van der Waals surface area contributed by atoms with Crippen LogP contribution in [0.1, 0.15) is 18.2 Å². The summed E-state index contributed by atoms with van der Waals surface area (Å²) in [5, 5.41) is 0.647. The molecule has 1 saturated heterocycles. The molecule has 0 saturated carbocycles. The van der Waals surface area contributed by atoms with Crippen LogP contribution in [-0.2, 0) is 16.1 Å². The first-order chi connectivity index (χ1) is 9.06. The van der Waals surface area contributed by atoms with Crippen molar-refractivity contribution in [1.82, 2.24) is 9.88 Å². The fourth-order valence-corrected chi connectivity index (χ4v) is 3.48. The van der Waals surface area contributed by atoms with Crippen molar-refractivity contribution in [3.63, 3.8) is 0 Å². The maximum absolute atomic E-state index is 11.9. The van der Waals surface area contributed by atoms with Crippen molar-refractivity contribution in [2.45, 2.75) is 19.9 Å².